The minimum absolute atomic E-state index is 0.280. The number of hydrogen-bond acceptors (Lipinski definition) is 4. The van der Waals surface area contributed by atoms with E-state index in [2.05, 4.69) is 5.32 Å². The molecule has 7 heteroatoms. The van der Waals surface area contributed by atoms with Gasteiger partial charge in [-0.05, 0) is 64.4 Å². The Bertz CT molecular complexity index is 1660. The van der Waals surface area contributed by atoms with Crippen LogP contribution in [0.1, 0.15) is 17.2 Å². The summed E-state index contributed by atoms with van der Waals surface area (Å²) in [6, 6.07) is 26.8. The average Bonchev–Trinajstić information content (AvgIpc) is 3.42. The predicted octanol–water partition coefficient (Wildman–Crippen LogP) is 5.65. The van der Waals surface area contributed by atoms with Crippen LogP contribution in [0.5, 0.6) is 0 Å². The van der Waals surface area contributed by atoms with E-state index in [0.29, 0.717) is 16.4 Å². The van der Waals surface area contributed by atoms with Gasteiger partial charge in [-0.25, -0.2) is 4.90 Å². The van der Waals surface area contributed by atoms with Crippen LogP contribution in [0.4, 0.5) is 11.4 Å². The number of fused-ring (bicyclic) bond motifs is 6. The maximum Gasteiger partial charge on any atom is 0.247 e. The van der Waals surface area contributed by atoms with Crippen LogP contribution in [0.3, 0.4) is 0 Å². The lowest BCUT2D eigenvalue weighted by molar-refractivity contribution is -0.128. The maximum absolute atomic E-state index is 14.1. The molecule has 38 heavy (non-hydrogen) atoms. The van der Waals surface area contributed by atoms with Crippen molar-refractivity contribution in [1.82, 2.24) is 4.90 Å². The second kappa shape index (κ2) is 8.57. The third-order valence-electron chi connectivity index (χ3n) is 7.83. The molecule has 0 saturated carbocycles. The highest BCUT2D eigenvalue weighted by Gasteiger charge is 2.64. The second-order valence-electron chi connectivity index (χ2n) is 9.87. The molecule has 0 aromatic heterocycles. The summed E-state index contributed by atoms with van der Waals surface area (Å²) < 4.78 is 0. The van der Waals surface area contributed by atoms with Gasteiger partial charge >= 0.3 is 0 Å². The van der Waals surface area contributed by atoms with E-state index in [9.17, 15) is 14.4 Å². The molecule has 0 aliphatic carbocycles. The summed E-state index contributed by atoms with van der Waals surface area (Å²) in [6.07, 6.45) is 3.78. The Kier molecular flexibility index (Phi) is 5.13. The molecule has 1 N–H and O–H groups in total. The van der Waals surface area contributed by atoms with Crippen LogP contribution < -0.4 is 10.2 Å². The number of nitrogens with zero attached hydrogens (tertiary/aromatic N) is 2. The number of benzene rings is 4. The molecule has 0 radical (unpaired) electrons. The number of amides is 3. The van der Waals surface area contributed by atoms with Crippen LogP contribution in [0.15, 0.2) is 97.2 Å². The zero-order valence-corrected chi connectivity index (χ0v) is 20.9. The minimum Gasteiger partial charge on any atom is -0.357 e. The van der Waals surface area contributed by atoms with E-state index in [0.717, 1.165) is 21.9 Å². The first kappa shape index (κ1) is 22.8. The van der Waals surface area contributed by atoms with Gasteiger partial charge in [-0.1, -0.05) is 66.2 Å². The summed E-state index contributed by atoms with van der Waals surface area (Å²) in [7, 11) is 0. The molecule has 3 heterocycles. The van der Waals surface area contributed by atoms with Crippen molar-refractivity contribution in [2.75, 3.05) is 10.2 Å². The van der Waals surface area contributed by atoms with Crippen molar-refractivity contribution in [1.29, 1.82) is 0 Å². The summed E-state index contributed by atoms with van der Waals surface area (Å²) >= 11 is 6.02. The lowest BCUT2D eigenvalue weighted by atomic mass is 9.84. The van der Waals surface area contributed by atoms with Crippen LogP contribution in [-0.4, -0.2) is 28.7 Å². The zero-order chi connectivity index (χ0) is 26.0. The smallest absolute Gasteiger partial charge is 0.247 e. The van der Waals surface area contributed by atoms with Crippen LogP contribution in [0.2, 0.25) is 5.02 Å². The summed E-state index contributed by atoms with van der Waals surface area (Å²) in [6.45, 7) is 0. The van der Waals surface area contributed by atoms with Gasteiger partial charge in [0.05, 0.1) is 23.6 Å². The summed E-state index contributed by atoms with van der Waals surface area (Å²) in [5.41, 5.74) is 3.02. The fourth-order valence-electron chi connectivity index (χ4n) is 6.18. The number of nitrogens with one attached hydrogen (secondary N) is 1. The van der Waals surface area contributed by atoms with Crippen LogP contribution in [0.25, 0.3) is 16.8 Å². The molecule has 3 amide bonds. The molecule has 0 spiro atoms. The Morgan fingerprint density at radius 2 is 1.50 bits per heavy atom. The monoisotopic (exact) mass is 519 g/mol. The normalized spacial score (nSPS) is 23.4. The van der Waals surface area contributed by atoms with Gasteiger partial charge in [-0.2, -0.15) is 0 Å². The van der Waals surface area contributed by atoms with Crippen LogP contribution in [-0.2, 0) is 14.4 Å². The number of hydrogen-bond donors (Lipinski definition) is 1. The summed E-state index contributed by atoms with van der Waals surface area (Å²) in [5, 5.41) is 5.46. The van der Waals surface area contributed by atoms with Gasteiger partial charge in [0.1, 0.15) is 6.04 Å². The molecule has 4 atom stereocenters. The zero-order valence-electron chi connectivity index (χ0n) is 20.1. The molecule has 3 aliphatic rings. The largest absolute Gasteiger partial charge is 0.357 e. The van der Waals surface area contributed by atoms with Crippen LogP contribution >= 0.6 is 11.6 Å². The highest BCUT2D eigenvalue weighted by molar-refractivity contribution is 6.30. The van der Waals surface area contributed by atoms with Crippen molar-refractivity contribution in [3.05, 3.63) is 113 Å². The van der Waals surface area contributed by atoms with Gasteiger partial charge in [0.2, 0.25) is 17.7 Å². The number of anilines is 2. The molecule has 3 aliphatic heterocycles. The topological polar surface area (TPSA) is 69.7 Å². The number of carbonyl (C=O) groups excluding carboxylic acids is 3. The fraction of sp³-hybridized carbons (Fsp3) is 0.129. The third kappa shape index (κ3) is 3.37. The number of halogens is 1. The van der Waals surface area contributed by atoms with E-state index in [1.807, 2.05) is 77.8 Å². The maximum atomic E-state index is 14.1. The van der Waals surface area contributed by atoms with E-state index in [4.69, 9.17) is 11.6 Å². The molecular formula is C31H22ClN3O3. The van der Waals surface area contributed by atoms with Crippen molar-refractivity contribution in [2.24, 2.45) is 11.8 Å². The molecule has 7 rings (SSSR count). The molecule has 4 aromatic carbocycles. The Morgan fingerprint density at radius 1 is 0.789 bits per heavy atom. The lowest BCUT2D eigenvalue weighted by Crippen LogP contribution is -2.46. The van der Waals surface area contributed by atoms with E-state index in [1.165, 1.54) is 4.90 Å². The Morgan fingerprint density at radius 3 is 2.32 bits per heavy atom. The lowest BCUT2D eigenvalue weighted by Gasteiger charge is -2.35. The highest BCUT2D eigenvalue weighted by atomic mass is 35.5. The first-order valence-electron chi connectivity index (χ1n) is 12.5. The second-order valence-corrected chi connectivity index (χ2v) is 10.3. The minimum atomic E-state index is -0.854. The Hall–Kier alpha value is -4.42. The van der Waals surface area contributed by atoms with E-state index < -0.39 is 23.9 Å². The number of carbonyl (C=O) groups is 3. The summed E-state index contributed by atoms with van der Waals surface area (Å²) in [4.78, 5) is 45.1. The van der Waals surface area contributed by atoms with Crippen molar-refractivity contribution >= 4 is 57.5 Å². The average molecular weight is 520 g/mol. The van der Waals surface area contributed by atoms with Crippen molar-refractivity contribution in [2.45, 2.75) is 12.1 Å². The first-order chi connectivity index (χ1) is 18.5. The Labute approximate surface area is 224 Å². The number of rotatable bonds is 3. The molecular weight excluding hydrogens is 498 g/mol. The number of imide groups is 1. The van der Waals surface area contributed by atoms with Gasteiger partial charge < -0.3 is 10.2 Å². The SMILES string of the molecule is O=C(Nc1ccc(Cl)cc1)C1C2C(=O)N(c3ccc4ccccc4c3)C(=O)C2C2c3ccccc3C=CN12. The van der Waals surface area contributed by atoms with E-state index in [-0.39, 0.29) is 17.7 Å². The summed E-state index contributed by atoms with van der Waals surface area (Å²) in [5.74, 6) is -2.50. The van der Waals surface area contributed by atoms with Gasteiger partial charge in [0.15, 0.2) is 0 Å². The molecule has 4 unspecified atom stereocenters. The van der Waals surface area contributed by atoms with Gasteiger partial charge in [-0.3, -0.25) is 14.4 Å². The van der Waals surface area contributed by atoms with E-state index in [1.54, 1.807) is 30.3 Å². The molecule has 4 aromatic rings. The van der Waals surface area contributed by atoms with Crippen molar-refractivity contribution in [3.63, 3.8) is 0 Å². The third-order valence-corrected chi connectivity index (χ3v) is 8.09. The van der Waals surface area contributed by atoms with Gasteiger partial charge in [0, 0.05) is 16.9 Å². The Balaban J connectivity index is 1.32. The van der Waals surface area contributed by atoms with Crippen LogP contribution in [0, 0.1) is 11.8 Å². The van der Waals surface area contributed by atoms with Gasteiger partial charge in [0.25, 0.3) is 0 Å². The van der Waals surface area contributed by atoms with E-state index >= 15 is 0 Å². The quantitative estimate of drug-likeness (QED) is 0.355. The molecule has 2 saturated heterocycles. The molecule has 0 bridgehead atoms. The standard InChI is InChI=1S/C31H22ClN3O3/c32-21-10-12-22(13-11-21)33-29(36)28-26-25(27-24-8-4-3-6-19(24)15-16-34(27)28)30(37)35(31(26)38)23-14-9-18-5-1-2-7-20(18)17-23/h1-17,25-28H,(H,33,36). The first-order valence-corrected chi connectivity index (χ1v) is 12.9. The van der Waals surface area contributed by atoms with Crippen molar-refractivity contribution < 1.29 is 14.4 Å². The van der Waals surface area contributed by atoms with Gasteiger partial charge in [-0.15, -0.1) is 0 Å². The van der Waals surface area contributed by atoms with Crippen molar-refractivity contribution in [3.8, 4) is 0 Å². The molecule has 6 nitrogen and oxygen atoms in total. The fourth-order valence-corrected chi connectivity index (χ4v) is 6.30. The highest BCUT2D eigenvalue weighted by Crippen LogP contribution is 2.53. The predicted molar refractivity (Wildman–Crippen MR) is 147 cm³/mol. The molecule has 186 valence electrons. The molecule has 2 fully saturated rings.